The molecule has 0 aromatic heterocycles. The predicted molar refractivity (Wildman–Crippen MR) is 117 cm³/mol. The average Bonchev–Trinajstić information content (AvgIpc) is 2.57. The van der Waals surface area contributed by atoms with Crippen molar-refractivity contribution in [2.75, 3.05) is 47.6 Å². The minimum absolute atomic E-state index is 0. The second-order valence-corrected chi connectivity index (χ2v) is 6.21. The molecule has 5 nitrogen and oxygen atoms in total. The lowest BCUT2D eigenvalue weighted by atomic mass is 10.2. The highest BCUT2D eigenvalue weighted by Gasteiger charge is 2.07. The summed E-state index contributed by atoms with van der Waals surface area (Å²) in [5.41, 5.74) is 1.08. The van der Waals surface area contributed by atoms with Gasteiger partial charge < -0.3 is 19.7 Å². The van der Waals surface area contributed by atoms with Crippen LogP contribution in [-0.2, 0) is 16.0 Å². The van der Waals surface area contributed by atoms with Crippen molar-refractivity contribution in [3.8, 4) is 0 Å². The average molecular weight is 504 g/mol. The fourth-order valence-electron chi connectivity index (χ4n) is 2.15. The fourth-order valence-corrected chi connectivity index (χ4v) is 2.47. The van der Waals surface area contributed by atoms with Crippen LogP contribution in [0.1, 0.15) is 18.4 Å². The Balaban J connectivity index is 0.00000576. The number of unbranched alkanes of at least 4 members (excludes halogenated alkanes) is 1. The van der Waals surface area contributed by atoms with E-state index in [1.54, 1.807) is 14.2 Å². The Morgan fingerprint density at radius 1 is 1.16 bits per heavy atom. The second-order valence-electron chi connectivity index (χ2n) is 5.39. The maximum Gasteiger partial charge on any atom is 0.193 e. The molecule has 0 bridgehead atoms. The van der Waals surface area contributed by atoms with Crippen LogP contribution in [0.2, 0.25) is 10.0 Å². The van der Waals surface area contributed by atoms with Crippen molar-refractivity contribution >= 4 is 53.1 Å². The highest BCUT2D eigenvalue weighted by Crippen LogP contribution is 2.23. The van der Waals surface area contributed by atoms with Crippen molar-refractivity contribution in [2.45, 2.75) is 19.4 Å². The monoisotopic (exact) mass is 503 g/mol. The van der Waals surface area contributed by atoms with Gasteiger partial charge in [-0.15, -0.1) is 24.0 Å². The molecule has 0 saturated carbocycles. The second kappa shape index (κ2) is 14.8. The van der Waals surface area contributed by atoms with Crippen molar-refractivity contribution in [1.82, 2.24) is 10.2 Å². The van der Waals surface area contributed by atoms with Crippen LogP contribution in [0.3, 0.4) is 0 Å². The van der Waals surface area contributed by atoms with Crippen molar-refractivity contribution in [1.29, 1.82) is 0 Å². The molecular weight excluding hydrogens is 476 g/mol. The first-order valence-corrected chi connectivity index (χ1v) is 8.76. The normalized spacial score (nSPS) is 11.2. The van der Waals surface area contributed by atoms with Gasteiger partial charge >= 0.3 is 0 Å². The van der Waals surface area contributed by atoms with E-state index in [1.165, 1.54) is 0 Å². The molecule has 1 aromatic rings. The number of benzene rings is 1. The number of ether oxygens (including phenoxy) is 2. The quantitative estimate of drug-likeness (QED) is 0.226. The lowest BCUT2D eigenvalue weighted by molar-refractivity contribution is 0.0689. The van der Waals surface area contributed by atoms with Gasteiger partial charge in [0.2, 0.25) is 0 Å². The van der Waals surface area contributed by atoms with E-state index in [2.05, 4.69) is 15.2 Å². The first-order valence-electron chi connectivity index (χ1n) is 8.01. The molecule has 0 spiro atoms. The summed E-state index contributed by atoms with van der Waals surface area (Å²) in [6.07, 6.45) is 2.02. The van der Waals surface area contributed by atoms with Crippen molar-refractivity contribution in [2.24, 2.45) is 4.99 Å². The van der Waals surface area contributed by atoms with Crippen LogP contribution < -0.4 is 5.32 Å². The SMILES string of the molecule is CN=C(NCCCCOCCOC)N(C)Cc1ccc(Cl)c(Cl)c1.I. The summed E-state index contributed by atoms with van der Waals surface area (Å²) in [5, 5.41) is 4.49. The Bertz CT molecular complexity index is 519. The zero-order valence-corrected chi connectivity index (χ0v) is 18.9. The van der Waals surface area contributed by atoms with E-state index in [4.69, 9.17) is 32.7 Å². The van der Waals surface area contributed by atoms with Crippen molar-refractivity contribution in [3.63, 3.8) is 0 Å². The molecule has 0 atom stereocenters. The summed E-state index contributed by atoms with van der Waals surface area (Å²) in [6.45, 7) is 3.61. The topological polar surface area (TPSA) is 46.1 Å². The molecule has 0 unspecified atom stereocenters. The van der Waals surface area contributed by atoms with Crippen molar-refractivity contribution in [3.05, 3.63) is 33.8 Å². The molecule has 0 amide bonds. The number of nitrogens with one attached hydrogen (secondary N) is 1. The highest BCUT2D eigenvalue weighted by molar-refractivity contribution is 14.0. The molecule has 25 heavy (non-hydrogen) atoms. The number of aliphatic imine (C=N–C) groups is 1. The molecule has 0 aliphatic heterocycles. The molecule has 0 aliphatic carbocycles. The third kappa shape index (κ3) is 10.5. The van der Waals surface area contributed by atoms with Crippen LogP contribution in [0, 0.1) is 0 Å². The van der Waals surface area contributed by atoms with Crippen LogP contribution in [0.5, 0.6) is 0 Å². The minimum Gasteiger partial charge on any atom is -0.382 e. The van der Waals surface area contributed by atoms with Gasteiger partial charge in [-0.25, -0.2) is 0 Å². The fraction of sp³-hybridized carbons (Fsp3) is 0.588. The van der Waals surface area contributed by atoms with Crippen LogP contribution >= 0.6 is 47.2 Å². The summed E-state index contributed by atoms with van der Waals surface area (Å²) < 4.78 is 10.4. The molecule has 1 N–H and O–H groups in total. The number of methoxy groups -OCH3 is 1. The Morgan fingerprint density at radius 3 is 2.56 bits per heavy atom. The number of hydrogen-bond acceptors (Lipinski definition) is 3. The third-order valence-corrected chi connectivity index (χ3v) is 4.15. The standard InChI is InChI=1S/C17H27Cl2N3O2.HI/c1-20-17(21-8-4-5-9-24-11-10-23-3)22(2)13-14-6-7-15(18)16(19)12-14;/h6-7,12H,4-5,8-11,13H2,1-3H3,(H,20,21);1H. The van der Waals surface area contributed by atoms with Gasteiger partial charge in [0.1, 0.15) is 0 Å². The van der Waals surface area contributed by atoms with E-state index in [-0.39, 0.29) is 24.0 Å². The lowest BCUT2D eigenvalue weighted by Crippen LogP contribution is -2.38. The lowest BCUT2D eigenvalue weighted by Gasteiger charge is -2.22. The molecule has 1 aromatic carbocycles. The first-order chi connectivity index (χ1) is 11.6. The molecule has 0 saturated heterocycles. The zero-order valence-electron chi connectivity index (χ0n) is 15.1. The number of guanidine groups is 1. The van der Waals surface area contributed by atoms with Gasteiger partial charge in [0.15, 0.2) is 5.96 Å². The van der Waals surface area contributed by atoms with E-state index >= 15 is 0 Å². The molecule has 8 heteroatoms. The van der Waals surface area contributed by atoms with Gasteiger partial charge in [-0.1, -0.05) is 29.3 Å². The summed E-state index contributed by atoms with van der Waals surface area (Å²) in [6, 6.07) is 5.66. The smallest absolute Gasteiger partial charge is 0.193 e. The van der Waals surface area contributed by atoms with E-state index in [0.29, 0.717) is 29.8 Å². The number of halogens is 3. The summed E-state index contributed by atoms with van der Waals surface area (Å²) in [7, 11) is 5.45. The van der Waals surface area contributed by atoms with E-state index < -0.39 is 0 Å². The van der Waals surface area contributed by atoms with Gasteiger partial charge in [0.05, 0.1) is 23.3 Å². The highest BCUT2D eigenvalue weighted by atomic mass is 127. The molecule has 0 fully saturated rings. The van der Waals surface area contributed by atoms with Gasteiger partial charge in [-0.3, -0.25) is 4.99 Å². The molecular formula is C17H28Cl2IN3O2. The maximum absolute atomic E-state index is 6.06. The zero-order chi connectivity index (χ0) is 17.8. The van der Waals surface area contributed by atoms with Crippen molar-refractivity contribution < 1.29 is 9.47 Å². The van der Waals surface area contributed by atoms with Gasteiger partial charge in [0, 0.05) is 40.9 Å². The molecule has 0 aliphatic rings. The minimum atomic E-state index is 0. The molecule has 0 heterocycles. The Kier molecular flexibility index (Phi) is 14.7. The Morgan fingerprint density at radius 2 is 1.92 bits per heavy atom. The molecule has 144 valence electrons. The Hall–Kier alpha value is -0.280. The van der Waals surface area contributed by atoms with E-state index in [1.807, 2.05) is 25.2 Å². The summed E-state index contributed by atoms with van der Waals surface area (Å²) in [5.74, 6) is 0.848. The van der Waals surface area contributed by atoms with Crippen LogP contribution in [0.15, 0.2) is 23.2 Å². The molecule has 0 radical (unpaired) electrons. The first kappa shape index (κ1) is 24.7. The van der Waals surface area contributed by atoms with Crippen LogP contribution in [-0.4, -0.2) is 58.4 Å². The summed E-state index contributed by atoms with van der Waals surface area (Å²) in [4.78, 5) is 6.36. The van der Waals surface area contributed by atoms with Crippen LogP contribution in [0.25, 0.3) is 0 Å². The van der Waals surface area contributed by atoms with Gasteiger partial charge in [-0.2, -0.15) is 0 Å². The largest absolute Gasteiger partial charge is 0.382 e. The third-order valence-electron chi connectivity index (χ3n) is 3.41. The van der Waals surface area contributed by atoms with Crippen LogP contribution in [0.4, 0.5) is 0 Å². The number of nitrogens with zero attached hydrogens (tertiary/aromatic N) is 2. The molecule has 1 rings (SSSR count). The number of rotatable bonds is 10. The number of hydrogen-bond donors (Lipinski definition) is 1. The van der Waals surface area contributed by atoms with E-state index in [0.717, 1.165) is 37.5 Å². The Labute approximate surface area is 178 Å². The summed E-state index contributed by atoms with van der Waals surface area (Å²) >= 11 is 12.0. The van der Waals surface area contributed by atoms with E-state index in [9.17, 15) is 0 Å². The van der Waals surface area contributed by atoms with Gasteiger partial charge in [-0.05, 0) is 30.5 Å². The van der Waals surface area contributed by atoms with Gasteiger partial charge in [0.25, 0.3) is 0 Å². The maximum atomic E-state index is 6.06. The predicted octanol–water partition coefficient (Wildman–Crippen LogP) is 4.06.